The quantitative estimate of drug-likeness (QED) is 0.555. The molecule has 11 heavy (non-hydrogen) atoms. The fraction of sp³-hybridized carbons (Fsp3) is 0.400. The molecular weight excluding hydrogens is 165 g/mol. The molecule has 1 heterocycles. The smallest absolute Gasteiger partial charge is 0.324 e. The van der Waals surface area contributed by atoms with E-state index < -0.39 is 8.69 Å². The third-order valence-electron chi connectivity index (χ3n) is 0.969. The third kappa shape index (κ3) is 5.66. The highest BCUT2D eigenvalue weighted by Crippen LogP contribution is 1.88. The maximum absolute atomic E-state index is 8.46. The van der Waals surface area contributed by atoms with Crippen LogP contribution in [0.3, 0.4) is 0 Å². The maximum Gasteiger partial charge on any atom is 0.324 e. The van der Waals surface area contributed by atoms with Gasteiger partial charge in [0.1, 0.15) is 0 Å². The standard InChI is InChI=1S/C5H9N3.HO2P/c6-2-1-5-3-7-4-8-5;1-3-2/h3-4H,1-2,6H2,(H,7,8);(H,1,2). The van der Waals surface area contributed by atoms with Gasteiger partial charge in [-0.1, -0.05) is 0 Å². The SMILES string of the molecule is NCCc1cnc[nH]1.O=PO. The summed E-state index contributed by atoms with van der Waals surface area (Å²) < 4.78 is 8.46. The minimum Gasteiger partial charge on any atom is -0.348 e. The van der Waals surface area contributed by atoms with Gasteiger partial charge in [-0.05, 0) is 6.54 Å². The number of rotatable bonds is 2. The Kier molecular flexibility index (Phi) is 6.82. The van der Waals surface area contributed by atoms with Gasteiger partial charge in [0.2, 0.25) is 0 Å². The number of H-pyrrole nitrogens is 1. The monoisotopic (exact) mass is 175 g/mol. The van der Waals surface area contributed by atoms with E-state index in [-0.39, 0.29) is 0 Å². The molecule has 62 valence electrons. The summed E-state index contributed by atoms with van der Waals surface area (Å²) in [5.41, 5.74) is 6.38. The van der Waals surface area contributed by atoms with Crippen LogP contribution in [0, 0.1) is 0 Å². The first-order valence-corrected chi connectivity index (χ1v) is 3.75. The van der Waals surface area contributed by atoms with Crippen molar-refractivity contribution in [1.82, 2.24) is 9.97 Å². The topological polar surface area (TPSA) is 92.0 Å². The van der Waals surface area contributed by atoms with Crippen LogP contribution in [0.2, 0.25) is 0 Å². The molecule has 0 aliphatic heterocycles. The molecular formula is C5H10N3O2P. The number of aromatic amines is 1. The summed E-state index contributed by atoms with van der Waals surface area (Å²) >= 11 is 0. The van der Waals surface area contributed by atoms with E-state index in [0.29, 0.717) is 6.54 Å². The van der Waals surface area contributed by atoms with E-state index in [0.717, 1.165) is 12.1 Å². The van der Waals surface area contributed by atoms with Crippen LogP contribution in [0.15, 0.2) is 12.5 Å². The van der Waals surface area contributed by atoms with Gasteiger partial charge in [0.25, 0.3) is 0 Å². The summed E-state index contributed by atoms with van der Waals surface area (Å²) in [5, 5.41) is 0. The number of nitrogens with one attached hydrogen (secondary N) is 1. The summed E-state index contributed by atoms with van der Waals surface area (Å²) in [7, 11) is -0.833. The predicted octanol–water partition coefficient (Wildman–Crippen LogP) is 0.0963. The number of imidazole rings is 1. The van der Waals surface area contributed by atoms with Crippen LogP contribution < -0.4 is 5.73 Å². The molecule has 0 bridgehead atoms. The second-order valence-corrected chi connectivity index (χ2v) is 1.86. The molecule has 0 amide bonds. The van der Waals surface area contributed by atoms with E-state index in [1.165, 1.54) is 0 Å². The zero-order valence-corrected chi connectivity index (χ0v) is 6.79. The molecule has 0 radical (unpaired) electrons. The van der Waals surface area contributed by atoms with Crippen molar-refractivity contribution in [3.63, 3.8) is 0 Å². The molecule has 0 aromatic carbocycles. The van der Waals surface area contributed by atoms with E-state index in [2.05, 4.69) is 9.97 Å². The van der Waals surface area contributed by atoms with Crippen LogP contribution in [0.25, 0.3) is 0 Å². The molecule has 1 aromatic rings. The van der Waals surface area contributed by atoms with Crippen molar-refractivity contribution in [1.29, 1.82) is 0 Å². The van der Waals surface area contributed by atoms with Gasteiger partial charge in [-0.15, -0.1) is 0 Å². The first-order valence-electron chi connectivity index (χ1n) is 2.99. The number of nitrogens with zero attached hydrogens (tertiary/aromatic N) is 1. The van der Waals surface area contributed by atoms with E-state index in [9.17, 15) is 0 Å². The molecule has 6 heteroatoms. The molecule has 0 aliphatic rings. The lowest BCUT2D eigenvalue weighted by molar-refractivity contribution is 0.524. The van der Waals surface area contributed by atoms with Crippen LogP contribution >= 0.6 is 8.69 Å². The number of nitrogens with two attached hydrogens (primary N) is 1. The van der Waals surface area contributed by atoms with Crippen LogP contribution in [0.4, 0.5) is 0 Å². The summed E-state index contributed by atoms with van der Waals surface area (Å²) in [6.45, 7) is 0.683. The molecule has 5 nitrogen and oxygen atoms in total. The van der Waals surface area contributed by atoms with Gasteiger partial charge in [0, 0.05) is 18.3 Å². The van der Waals surface area contributed by atoms with Crippen LogP contribution in [-0.4, -0.2) is 21.4 Å². The Hall–Kier alpha value is -0.770. The second kappa shape index (κ2) is 7.34. The third-order valence-corrected chi connectivity index (χ3v) is 0.969. The highest BCUT2D eigenvalue weighted by Gasteiger charge is 1.86. The maximum atomic E-state index is 8.46. The molecule has 0 fully saturated rings. The van der Waals surface area contributed by atoms with Gasteiger partial charge in [0.15, 0.2) is 0 Å². The molecule has 0 saturated carbocycles. The minimum absolute atomic E-state index is 0.683. The van der Waals surface area contributed by atoms with Crippen molar-refractivity contribution >= 4 is 8.69 Å². The Morgan fingerprint density at radius 2 is 2.45 bits per heavy atom. The van der Waals surface area contributed by atoms with Gasteiger partial charge in [0.05, 0.1) is 6.33 Å². The normalized spacial score (nSPS) is 8.91. The molecule has 0 unspecified atom stereocenters. The minimum atomic E-state index is -0.833. The molecule has 0 atom stereocenters. The number of hydrogen-bond donors (Lipinski definition) is 3. The number of aromatic nitrogens is 2. The van der Waals surface area contributed by atoms with Gasteiger partial charge in [-0.3, -0.25) is 0 Å². The van der Waals surface area contributed by atoms with Crippen molar-refractivity contribution in [2.75, 3.05) is 6.54 Å². The Balaban J connectivity index is 0.000000292. The molecule has 0 spiro atoms. The molecule has 1 aromatic heterocycles. The van der Waals surface area contributed by atoms with Gasteiger partial charge >= 0.3 is 8.69 Å². The summed E-state index contributed by atoms with van der Waals surface area (Å²) in [5.74, 6) is 0. The van der Waals surface area contributed by atoms with E-state index in [1.807, 2.05) is 0 Å². The van der Waals surface area contributed by atoms with Crippen molar-refractivity contribution in [3.05, 3.63) is 18.2 Å². The zero-order chi connectivity index (χ0) is 8.53. The Morgan fingerprint density at radius 1 is 1.82 bits per heavy atom. The number of hydrogen-bond acceptors (Lipinski definition) is 3. The van der Waals surface area contributed by atoms with Crippen LogP contribution in [0.5, 0.6) is 0 Å². The van der Waals surface area contributed by atoms with Gasteiger partial charge in [-0.25, -0.2) is 9.55 Å². The largest absolute Gasteiger partial charge is 0.348 e. The lowest BCUT2D eigenvalue weighted by atomic mass is 10.3. The average molecular weight is 175 g/mol. The highest BCUT2D eigenvalue weighted by atomic mass is 31.1. The van der Waals surface area contributed by atoms with Gasteiger partial charge in [-0.2, -0.15) is 0 Å². The van der Waals surface area contributed by atoms with Gasteiger partial charge < -0.3 is 15.6 Å². The molecule has 1 rings (SSSR count). The fourth-order valence-electron chi connectivity index (χ4n) is 0.577. The van der Waals surface area contributed by atoms with E-state index >= 15 is 0 Å². The first-order chi connectivity index (χ1) is 5.35. The van der Waals surface area contributed by atoms with Crippen LogP contribution in [-0.2, 0) is 11.0 Å². The van der Waals surface area contributed by atoms with Crippen molar-refractivity contribution in [2.24, 2.45) is 5.73 Å². The summed E-state index contributed by atoms with van der Waals surface area (Å²) in [4.78, 5) is 13.8. The lowest BCUT2D eigenvalue weighted by Crippen LogP contribution is -2.02. The highest BCUT2D eigenvalue weighted by molar-refractivity contribution is 7.16. The Morgan fingerprint density at radius 3 is 2.82 bits per heavy atom. The summed E-state index contributed by atoms with van der Waals surface area (Å²) in [6.07, 6.45) is 4.33. The zero-order valence-electron chi connectivity index (χ0n) is 5.90. The molecule has 0 aliphatic carbocycles. The predicted molar refractivity (Wildman–Crippen MR) is 41.2 cm³/mol. The van der Waals surface area contributed by atoms with Crippen molar-refractivity contribution < 1.29 is 9.46 Å². The van der Waals surface area contributed by atoms with E-state index in [1.54, 1.807) is 12.5 Å². The van der Waals surface area contributed by atoms with E-state index in [4.69, 9.17) is 15.2 Å². The second-order valence-electron chi connectivity index (χ2n) is 1.70. The first kappa shape index (κ1) is 10.2. The molecule has 0 saturated heterocycles. The Labute approximate surface area is 65.9 Å². The average Bonchev–Trinajstić information content (AvgIpc) is 2.42. The summed E-state index contributed by atoms with van der Waals surface area (Å²) in [6, 6.07) is 0. The van der Waals surface area contributed by atoms with Crippen LogP contribution in [0.1, 0.15) is 5.69 Å². The fourth-order valence-corrected chi connectivity index (χ4v) is 0.577. The molecule has 4 N–H and O–H groups in total. The van der Waals surface area contributed by atoms with Crippen molar-refractivity contribution in [3.8, 4) is 0 Å². The lowest BCUT2D eigenvalue weighted by Gasteiger charge is -1.86. The Bertz CT molecular complexity index is 178. The van der Waals surface area contributed by atoms with Crippen molar-refractivity contribution in [2.45, 2.75) is 6.42 Å².